The van der Waals surface area contributed by atoms with E-state index in [0.717, 1.165) is 6.20 Å². The van der Waals surface area contributed by atoms with Crippen LogP contribution in [0.1, 0.15) is 5.56 Å². The maximum absolute atomic E-state index is 9.86. The quantitative estimate of drug-likeness (QED) is 0.472. The Morgan fingerprint density at radius 3 is 2.55 bits per heavy atom. The lowest BCUT2D eigenvalue weighted by molar-refractivity contribution is -0.403. The van der Waals surface area contributed by atoms with E-state index in [1.165, 1.54) is 0 Å². The molecule has 1 radical (unpaired) electrons. The molecule has 55 valence electrons. The van der Waals surface area contributed by atoms with Crippen LogP contribution in [0, 0.1) is 16.2 Å². The van der Waals surface area contributed by atoms with Gasteiger partial charge in [0.15, 0.2) is 0 Å². The van der Waals surface area contributed by atoms with Gasteiger partial charge in [0.1, 0.15) is 0 Å². The summed E-state index contributed by atoms with van der Waals surface area (Å²) >= 11 is 0. The molecule has 0 saturated heterocycles. The summed E-state index contributed by atoms with van der Waals surface area (Å²) in [6.45, 7) is 0. The second kappa shape index (κ2) is 3.51. The van der Waals surface area contributed by atoms with Crippen LogP contribution in [0.15, 0.2) is 36.5 Å². The summed E-state index contributed by atoms with van der Waals surface area (Å²) in [6, 6.07) is 8.95. The van der Waals surface area contributed by atoms with Crippen molar-refractivity contribution in [3.63, 3.8) is 0 Å². The van der Waals surface area contributed by atoms with Crippen LogP contribution in [0.5, 0.6) is 0 Å². The molecule has 0 unspecified atom stereocenters. The summed E-state index contributed by atoms with van der Waals surface area (Å²) < 4.78 is 0. The number of rotatable bonds is 2. The fourth-order valence-corrected chi connectivity index (χ4v) is 0.662. The molecule has 1 aromatic carbocycles. The highest BCUT2D eigenvalue weighted by atomic mass is 16.6. The highest BCUT2D eigenvalue weighted by Crippen LogP contribution is 1.97. The second-order valence-electron chi connectivity index (χ2n) is 1.92. The molecule has 0 fully saturated rings. The molecule has 0 atom stereocenters. The van der Waals surface area contributed by atoms with Crippen LogP contribution in [0.25, 0.3) is 0 Å². The first-order valence-electron chi connectivity index (χ1n) is 3.07. The van der Waals surface area contributed by atoms with Crippen molar-refractivity contribution in [2.45, 2.75) is 0 Å². The van der Waals surface area contributed by atoms with E-state index in [-0.39, 0.29) is 0 Å². The minimum absolute atomic E-state index is 0.535. The van der Waals surface area contributed by atoms with Crippen molar-refractivity contribution >= 4 is 0 Å². The van der Waals surface area contributed by atoms with Crippen LogP contribution < -0.4 is 0 Å². The molecule has 3 heteroatoms. The van der Waals surface area contributed by atoms with Gasteiger partial charge in [-0.05, 0) is 5.56 Å². The molecule has 0 heterocycles. The first kappa shape index (κ1) is 7.47. The Morgan fingerprint density at radius 2 is 2.00 bits per heavy atom. The Balaban J connectivity index is 2.72. The van der Waals surface area contributed by atoms with Crippen molar-refractivity contribution in [2.24, 2.45) is 0 Å². The van der Waals surface area contributed by atoms with Gasteiger partial charge >= 0.3 is 0 Å². The van der Waals surface area contributed by atoms with Crippen molar-refractivity contribution in [1.29, 1.82) is 0 Å². The summed E-state index contributed by atoms with van der Waals surface area (Å²) in [5.41, 5.74) is 0.712. The minimum atomic E-state index is -0.535. The molecule has 0 amide bonds. The Labute approximate surface area is 64.1 Å². The monoisotopic (exact) mass is 148 g/mol. The maximum atomic E-state index is 9.86. The van der Waals surface area contributed by atoms with Gasteiger partial charge in [-0.3, -0.25) is 10.1 Å². The minimum Gasteiger partial charge on any atom is -0.259 e. The molecule has 11 heavy (non-hydrogen) atoms. The predicted octanol–water partition coefficient (Wildman–Crippen LogP) is 1.63. The summed E-state index contributed by atoms with van der Waals surface area (Å²) in [5, 5.41) is 9.86. The summed E-state index contributed by atoms with van der Waals surface area (Å²) in [5.74, 6) is 0. The lowest BCUT2D eigenvalue weighted by Gasteiger charge is -1.85. The van der Waals surface area contributed by atoms with E-state index in [4.69, 9.17) is 0 Å². The summed E-state index contributed by atoms with van der Waals surface area (Å²) in [4.78, 5) is 9.33. The second-order valence-corrected chi connectivity index (χ2v) is 1.92. The average molecular weight is 148 g/mol. The highest BCUT2D eigenvalue weighted by molar-refractivity contribution is 5.20. The molecule has 1 rings (SSSR count). The lowest BCUT2D eigenvalue weighted by atomic mass is 10.2. The number of hydrogen-bond acceptors (Lipinski definition) is 2. The highest BCUT2D eigenvalue weighted by Gasteiger charge is 1.87. The third-order valence-corrected chi connectivity index (χ3v) is 1.11. The largest absolute Gasteiger partial charge is 0.259 e. The van der Waals surface area contributed by atoms with E-state index in [2.05, 4.69) is 6.08 Å². The average Bonchev–Trinajstić information content (AvgIpc) is 2.03. The van der Waals surface area contributed by atoms with E-state index < -0.39 is 4.92 Å². The standard InChI is InChI=1S/C8H6NO2/c10-9(11)7-6-8-4-2-1-3-5-8/h1-5,7H. The Hall–Kier alpha value is -1.64. The fourth-order valence-electron chi connectivity index (χ4n) is 0.662. The van der Waals surface area contributed by atoms with Gasteiger partial charge in [-0.2, -0.15) is 0 Å². The van der Waals surface area contributed by atoms with Crippen molar-refractivity contribution < 1.29 is 4.92 Å². The molecule has 0 aliphatic carbocycles. The number of hydrogen-bond donors (Lipinski definition) is 0. The molecule has 3 nitrogen and oxygen atoms in total. The zero-order valence-electron chi connectivity index (χ0n) is 5.73. The normalized spacial score (nSPS) is 10.2. The molecule has 0 bridgehead atoms. The lowest BCUT2D eigenvalue weighted by Crippen LogP contribution is -1.83. The molecule has 0 aromatic heterocycles. The van der Waals surface area contributed by atoms with Crippen LogP contribution in [-0.2, 0) is 0 Å². The van der Waals surface area contributed by atoms with Crippen LogP contribution >= 0.6 is 0 Å². The van der Waals surface area contributed by atoms with Gasteiger partial charge in [0.25, 0.3) is 0 Å². The zero-order chi connectivity index (χ0) is 8.10. The van der Waals surface area contributed by atoms with E-state index in [1.54, 1.807) is 24.3 Å². The zero-order valence-corrected chi connectivity index (χ0v) is 5.73. The fraction of sp³-hybridized carbons (Fsp3) is 0. The van der Waals surface area contributed by atoms with Crippen molar-refractivity contribution in [2.75, 3.05) is 0 Å². The van der Waals surface area contributed by atoms with E-state index in [0.29, 0.717) is 5.56 Å². The summed E-state index contributed by atoms with van der Waals surface area (Å²) in [7, 11) is 0. The third kappa shape index (κ3) is 2.62. The Kier molecular flexibility index (Phi) is 2.38. The predicted molar refractivity (Wildman–Crippen MR) is 40.4 cm³/mol. The van der Waals surface area contributed by atoms with Gasteiger partial charge in [0.05, 0.1) is 11.0 Å². The van der Waals surface area contributed by atoms with Gasteiger partial charge in [0.2, 0.25) is 6.20 Å². The molecule has 0 saturated carbocycles. The topological polar surface area (TPSA) is 43.1 Å². The van der Waals surface area contributed by atoms with Crippen LogP contribution in [0.3, 0.4) is 0 Å². The van der Waals surface area contributed by atoms with E-state index >= 15 is 0 Å². The van der Waals surface area contributed by atoms with Crippen LogP contribution in [0.4, 0.5) is 0 Å². The van der Waals surface area contributed by atoms with Crippen molar-refractivity contribution in [1.82, 2.24) is 0 Å². The van der Waals surface area contributed by atoms with Gasteiger partial charge in [-0.25, -0.2) is 0 Å². The van der Waals surface area contributed by atoms with Crippen molar-refractivity contribution in [3.8, 4) is 0 Å². The van der Waals surface area contributed by atoms with Gasteiger partial charge in [-0.1, -0.05) is 30.3 Å². The number of nitrogens with zero attached hydrogens (tertiary/aromatic N) is 1. The van der Waals surface area contributed by atoms with Gasteiger partial charge in [-0.15, -0.1) is 0 Å². The Morgan fingerprint density at radius 1 is 1.36 bits per heavy atom. The first-order valence-corrected chi connectivity index (χ1v) is 3.07. The van der Waals surface area contributed by atoms with E-state index in [1.807, 2.05) is 6.07 Å². The smallest absolute Gasteiger partial charge is 0.243 e. The van der Waals surface area contributed by atoms with Gasteiger partial charge in [0, 0.05) is 0 Å². The third-order valence-electron chi connectivity index (χ3n) is 1.11. The van der Waals surface area contributed by atoms with Crippen LogP contribution in [-0.4, -0.2) is 4.92 Å². The molecule has 0 N–H and O–H groups in total. The molecule has 0 aliphatic rings. The van der Waals surface area contributed by atoms with Crippen molar-refractivity contribution in [3.05, 3.63) is 58.3 Å². The summed E-state index contributed by atoms with van der Waals surface area (Å²) in [6.07, 6.45) is 3.32. The first-order chi connectivity index (χ1) is 5.29. The number of benzene rings is 1. The number of nitro groups is 1. The van der Waals surface area contributed by atoms with E-state index in [9.17, 15) is 10.1 Å². The Bertz CT molecular complexity index is 267. The molecule has 1 aromatic rings. The van der Waals surface area contributed by atoms with Gasteiger partial charge < -0.3 is 0 Å². The molecule has 0 aliphatic heterocycles. The molecular formula is C8H6NO2. The molecule has 0 spiro atoms. The molecular weight excluding hydrogens is 142 g/mol. The maximum Gasteiger partial charge on any atom is 0.243 e. The van der Waals surface area contributed by atoms with Crippen LogP contribution in [0.2, 0.25) is 0 Å². The SMILES string of the molecule is O=[N+]([O-])C=[C]c1ccccc1.